The summed E-state index contributed by atoms with van der Waals surface area (Å²) in [5, 5.41) is 16.8. The molecule has 0 unspecified atom stereocenters. The van der Waals surface area contributed by atoms with E-state index in [1.54, 1.807) is 18.0 Å². The van der Waals surface area contributed by atoms with Gasteiger partial charge in [0.05, 0.1) is 20.6 Å². The monoisotopic (exact) mass is 437 g/mol. The first-order chi connectivity index (χ1) is 12.3. The third kappa shape index (κ3) is 4.14. The molecule has 0 saturated carbocycles. The summed E-state index contributed by atoms with van der Waals surface area (Å²) in [4.78, 5) is 27.1. The van der Waals surface area contributed by atoms with E-state index in [0.717, 1.165) is 21.5 Å². The Kier molecular flexibility index (Phi) is 6.56. The summed E-state index contributed by atoms with van der Waals surface area (Å²) in [6.45, 7) is 8.57. The van der Waals surface area contributed by atoms with E-state index in [4.69, 9.17) is 0 Å². The van der Waals surface area contributed by atoms with Crippen LogP contribution in [0.5, 0.6) is 0 Å². The lowest BCUT2D eigenvalue weighted by Gasteiger charge is -2.17. The van der Waals surface area contributed by atoms with Crippen LogP contribution >= 0.6 is 27.3 Å². The molecular weight excluding hydrogens is 418 g/mol. The van der Waals surface area contributed by atoms with Crippen LogP contribution in [0.25, 0.3) is 0 Å². The van der Waals surface area contributed by atoms with Gasteiger partial charge in [0, 0.05) is 19.3 Å². The van der Waals surface area contributed by atoms with Gasteiger partial charge in [0.1, 0.15) is 17.6 Å². The van der Waals surface area contributed by atoms with Crippen LogP contribution in [0.2, 0.25) is 0 Å². The maximum atomic E-state index is 12.6. The van der Waals surface area contributed by atoms with Gasteiger partial charge in [0.15, 0.2) is 0 Å². The third-order valence-corrected chi connectivity index (χ3v) is 5.92. The minimum Gasteiger partial charge on any atom is -0.338 e. The molecule has 0 atom stereocenters. The number of halogens is 1. The highest BCUT2D eigenvalue weighted by Crippen LogP contribution is 2.33. The van der Waals surface area contributed by atoms with Crippen LogP contribution < -0.4 is 5.32 Å². The first-order valence-electron chi connectivity index (χ1n) is 8.14. The number of nitrogens with zero attached hydrogens (tertiary/aromatic N) is 4. The maximum Gasteiger partial charge on any atom is 0.264 e. The zero-order valence-corrected chi connectivity index (χ0v) is 17.5. The van der Waals surface area contributed by atoms with Crippen molar-refractivity contribution in [1.82, 2.24) is 14.7 Å². The zero-order valence-electron chi connectivity index (χ0n) is 15.1. The van der Waals surface area contributed by atoms with Crippen LogP contribution in [0.15, 0.2) is 10.7 Å². The van der Waals surface area contributed by atoms with Gasteiger partial charge >= 0.3 is 0 Å². The normalized spacial score (nSPS) is 10.5. The molecule has 9 heteroatoms. The summed E-state index contributed by atoms with van der Waals surface area (Å²) >= 11 is 4.49. The first-order valence-corrected chi connectivity index (χ1v) is 9.75. The van der Waals surface area contributed by atoms with E-state index >= 15 is 0 Å². The predicted octanol–water partition coefficient (Wildman–Crippen LogP) is 3.32. The molecule has 0 aromatic carbocycles. The Morgan fingerprint density at radius 3 is 2.54 bits per heavy atom. The molecule has 26 heavy (non-hydrogen) atoms. The number of anilines is 1. The zero-order chi connectivity index (χ0) is 19.4. The molecule has 138 valence electrons. The van der Waals surface area contributed by atoms with E-state index in [9.17, 15) is 14.9 Å². The first kappa shape index (κ1) is 20.1. The molecule has 2 aromatic heterocycles. The Morgan fingerprint density at radius 1 is 1.38 bits per heavy atom. The van der Waals surface area contributed by atoms with Crippen molar-refractivity contribution >= 4 is 44.1 Å². The van der Waals surface area contributed by atoms with Crippen molar-refractivity contribution in [2.75, 3.05) is 18.4 Å². The molecule has 2 aromatic rings. The third-order valence-electron chi connectivity index (χ3n) is 3.95. The molecular formula is C17H20BrN5O2S. The highest BCUT2D eigenvalue weighted by atomic mass is 79.9. The van der Waals surface area contributed by atoms with Crippen LogP contribution in [0.1, 0.15) is 40.3 Å². The van der Waals surface area contributed by atoms with Gasteiger partial charge in [-0.3, -0.25) is 14.3 Å². The Labute approximate surface area is 164 Å². The Bertz CT molecular complexity index is 857. The fourth-order valence-corrected chi connectivity index (χ4v) is 3.94. The molecule has 0 spiro atoms. The molecule has 0 radical (unpaired) electrons. The molecule has 7 nitrogen and oxygen atoms in total. The average molecular weight is 438 g/mol. The highest BCUT2D eigenvalue weighted by Gasteiger charge is 2.24. The summed E-state index contributed by atoms with van der Waals surface area (Å²) in [6.07, 6.45) is 1.72. The minimum absolute atomic E-state index is 0.0214. The summed E-state index contributed by atoms with van der Waals surface area (Å²) in [7, 11) is 0. The van der Waals surface area contributed by atoms with Crippen molar-refractivity contribution in [1.29, 1.82) is 5.26 Å². The number of carbonyl (C=O) groups is 2. The van der Waals surface area contributed by atoms with Crippen LogP contribution in [-0.4, -0.2) is 39.6 Å². The van der Waals surface area contributed by atoms with Gasteiger partial charge in [-0.1, -0.05) is 0 Å². The number of nitriles is 1. The molecule has 0 aliphatic carbocycles. The van der Waals surface area contributed by atoms with Gasteiger partial charge in [-0.05, 0) is 49.2 Å². The fourth-order valence-electron chi connectivity index (χ4n) is 2.48. The van der Waals surface area contributed by atoms with Gasteiger partial charge in [-0.2, -0.15) is 10.4 Å². The lowest BCUT2D eigenvalue weighted by atomic mass is 10.1. The van der Waals surface area contributed by atoms with Crippen LogP contribution in [0, 0.1) is 25.2 Å². The van der Waals surface area contributed by atoms with Crippen molar-refractivity contribution in [3.63, 3.8) is 0 Å². The second kappa shape index (κ2) is 8.47. The number of thiophene rings is 1. The van der Waals surface area contributed by atoms with Gasteiger partial charge in [0.25, 0.3) is 5.91 Å². The smallest absolute Gasteiger partial charge is 0.264 e. The van der Waals surface area contributed by atoms with E-state index in [-0.39, 0.29) is 18.4 Å². The molecule has 0 saturated heterocycles. The molecule has 0 aliphatic rings. The van der Waals surface area contributed by atoms with Gasteiger partial charge in [0.2, 0.25) is 5.91 Å². The fraction of sp³-hybridized carbons (Fsp3) is 0.412. The quantitative estimate of drug-likeness (QED) is 0.749. The molecule has 0 aliphatic heterocycles. The largest absolute Gasteiger partial charge is 0.338 e. The SMILES string of the molecule is CCN(CC)C(=O)c1sc(NC(=O)Cn2cc(Br)c(C)n2)c(C#N)c1C. The van der Waals surface area contributed by atoms with Gasteiger partial charge < -0.3 is 10.2 Å². The highest BCUT2D eigenvalue weighted by molar-refractivity contribution is 9.10. The van der Waals surface area contributed by atoms with Crippen LogP contribution in [0.3, 0.4) is 0 Å². The summed E-state index contributed by atoms with van der Waals surface area (Å²) in [5.41, 5.74) is 1.72. The van der Waals surface area contributed by atoms with Crippen molar-refractivity contribution < 1.29 is 9.59 Å². The van der Waals surface area contributed by atoms with Crippen molar-refractivity contribution in [2.45, 2.75) is 34.2 Å². The lowest BCUT2D eigenvalue weighted by molar-refractivity contribution is -0.116. The van der Waals surface area contributed by atoms with E-state index in [2.05, 4.69) is 32.4 Å². The molecule has 0 fully saturated rings. The van der Waals surface area contributed by atoms with Crippen molar-refractivity contribution in [3.8, 4) is 6.07 Å². The number of amides is 2. The second-order valence-electron chi connectivity index (χ2n) is 5.66. The number of hydrogen-bond donors (Lipinski definition) is 1. The topological polar surface area (TPSA) is 91.0 Å². The van der Waals surface area contributed by atoms with Crippen LogP contribution in [-0.2, 0) is 11.3 Å². The molecule has 0 bridgehead atoms. The Morgan fingerprint density at radius 2 is 2.04 bits per heavy atom. The van der Waals surface area contributed by atoms with E-state index in [0.29, 0.717) is 34.1 Å². The predicted molar refractivity (Wildman–Crippen MR) is 104 cm³/mol. The number of carbonyl (C=O) groups excluding carboxylic acids is 2. The summed E-state index contributed by atoms with van der Waals surface area (Å²) in [5.74, 6) is -0.430. The van der Waals surface area contributed by atoms with Gasteiger partial charge in [-0.25, -0.2) is 0 Å². The van der Waals surface area contributed by atoms with Crippen molar-refractivity contribution in [3.05, 3.63) is 32.4 Å². The molecule has 1 N–H and O–H groups in total. The molecule has 2 rings (SSSR count). The molecule has 2 heterocycles. The maximum absolute atomic E-state index is 12.6. The van der Waals surface area contributed by atoms with Crippen LogP contribution in [0.4, 0.5) is 5.00 Å². The average Bonchev–Trinajstić information content (AvgIpc) is 3.07. The molecule has 2 amide bonds. The van der Waals surface area contributed by atoms with Gasteiger partial charge in [-0.15, -0.1) is 11.3 Å². The summed E-state index contributed by atoms with van der Waals surface area (Å²) in [6, 6.07) is 2.09. The standard InChI is InChI=1S/C17H20BrN5O2S/c1-5-22(6-2)17(25)15-10(3)12(7-19)16(26-15)20-14(24)9-23-8-13(18)11(4)21-23/h8H,5-6,9H2,1-4H3,(H,20,24). The second-order valence-corrected chi connectivity index (χ2v) is 7.53. The number of rotatable bonds is 6. The van der Waals surface area contributed by atoms with E-state index < -0.39 is 0 Å². The van der Waals surface area contributed by atoms with Crippen molar-refractivity contribution in [2.24, 2.45) is 0 Å². The van der Waals surface area contributed by atoms with E-state index in [1.165, 1.54) is 4.68 Å². The number of nitrogens with one attached hydrogen (secondary N) is 1. The Hall–Kier alpha value is -2.18. The lowest BCUT2D eigenvalue weighted by Crippen LogP contribution is -2.30. The number of aryl methyl sites for hydroxylation is 1. The minimum atomic E-state index is -0.306. The summed E-state index contributed by atoms with van der Waals surface area (Å²) < 4.78 is 2.34. The number of hydrogen-bond acceptors (Lipinski definition) is 5. The van der Waals surface area contributed by atoms with E-state index in [1.807, 2.05) is 20.8 Å². The Balaban J connectivity index is 2.23. The number of aromatic nitrogens is 2.